The molecule has 0 radical (unpaired) electrons. The number of hydrogen-bond acceptors (Lipinski definition) is 5. The number of nitrogens with zero attached hydrogens (tertiary/aromatic N) is 1. The molecule has 0 saturated carbocycles. The fourth-order valence-corrected chi connectivity index (χ4v) is 3.75. The number of nitrogens with one attached hydrogen (secondary N) is 1. The number of esters is 1. The molecule has 5 nitrogen and oxygen atoms in total. The summed E-state index contributed by atoms with van der Waals surface area (Å²) in [7, 11) is 0. The summed E-state index contributed by atoms with van der Waals surface area (Å²) in [6.45, 7) is 1.53. The number of benzene rings is 1. The molecule has 0 aliphatic heterocycles. The summed E-state index contributed by atoms with van der Waals surface area (Å²) in [5, 5.41) is 11.5. The first-order chi connectivity index (χ1) is 11.6. The van der Waals surface area contributed by atoms with Crippen LogP contribution in [-0.2, 0) is 22.4 Å². The molecule has 2 aromatic rings. The zero-order valence-electron chi connectivity index (χ0n) is 13.2. The van der Waals surface area contributed by atoms with Crippen molar-refractivity contribution >= 4 is 28.9 Å². The highest BCUT2D eigenvalue weighted by Crippen LogP contribution is 2.31. The van der Waals surface area contributed by atoms with Gasteiger partial charge in [0.2, 0.25) is 0 Å². The molecule has 1 N–H and O–H groups in total. The van der Waals surface area contributed by atoms with Crippen LogP contribution in [0.3, 0.4) is 0 Å². The Kier molecular flexibility index (Phi) is 4.63. The van der Waals surface area contributed by atoms with Gasteiger partial charge >= 0.3 is 5.97 Å². The number of amides is 1. The number of carbonyl (C=O) groups is 2. The Morgan fingerprint density at radius 3 is 2.92 bits per heavy atom. The van der Waals surface area contributed by atoms with Crippen molar-refractivity contribution < 1.29 is 14.3 Å². The number of anilines is 1. The molecule has 122 valence electrons. The largest absolute Gasteiger partial charge is 0.448 e. The van der Waals surface area contributed by atoms with E-state index < -0.39 is 18.0 Å². The Labute approximate surface area is 143 Å². The van der Waals surface area contributed by atoms with E-state index in [4.69, 9.17) is 10.00 Å². The molecular formula is C18H16N2O3S. The van der Waals surface area contributed by atoms with Crippen molar-refractivity contribution in [2.75, 3.05) is 5.32 Å². The molecule has 1 aromatic carbocycles. The molecule has 1 aliphatic carbocycles. The summed E-state index contributed by atoms with van der Waals surface area (Å²) in [5.41, 5.74) is 2.17. The van der Waals surface area contributed by atoms with Gasteiger partial charge in [-0.05, 0) is 56.0 Å². The van der Waals surface area contributed by atoms with E-state index >= 15 is 0 Å². The van der Waals surface area contributed by atoms with Crippen LogP contribution in [0, 0.1) is 11.3 Å². The van der Waals surface area contributed by atoms with Gasteiger partial charge in [0.25, 0.3) is 5.91 Å². The SMILES string of the molecule is CC(OC(=O)c1cc2c(s1)CCC2)C(=O)Nc1cccc(C#N)c1. The summed E-state index contributed by atoms with van der Waals surface area (Å²) in [6, 6.07) is 10.4. The van der Waals surface area contributed by atoms with E-state index in [0.29, 0.717) is 16.1 Å². The third kappa shape index (κ3) is 3.47. The molecular weight excluding hydrogens is 324 g/mol. The molecule has 0 fully saturated rings. The van der Waals surface area contributed by atoms with Crippen molar-refractivity contribution in [1.29, 1.82) is 5.26 Å². The summed E-state index contributed by atoms with van der Waals surface area (Å²) in [5.74, 6) is -0.898. The van der Waals surface area contributed by atoms with E-state index in [2.05, 4.69) is 5.32 Å². The van der Waals surface area contributed by atoms with Gasteiger partial charge in [0.05, 0.1) is 11.6 Å². The van der Waals surface area contributed by atoms with Crippen molar-refractivity contribution in [2.24, 2.45) is 0 Å². The number of hydrogen-bond donors (Lipinski definition) is 1. The molecule has 24 heavy (non-hydrogen) atoms. The number of carbonyl (C=O) groups excluding carboxylic acids is 2. The summed E-state index contributed by atoms with van der Waals surface area (Å²) < 4.78 is 5.26. The maximum atomic E-state index is 12.2. The molecule has 6 heteroatoms. The highest BCUT2D eigenvalue weighted by molar-refractivity contribution is 7.14. The second kappa shape index (κ2) is 6.85. The van der Waals surface area contributed by atoms with Crippen molar-refractivity contribution in [3.8, 4) is 6.07 Å². The molecule has 1 heterocycles. The van der Waals surface area contributed by atoms with Crippen LogP contribution in [0.4, 0.5) is 5.69 Å². The molecule has 1 amide bonds. The summed E-state index contributed by atoms with van der Waals surface area (Å²) in [6.07, 6.45) is 2.24. The van der Waals surface area contributed by atoms with Gasteiger partial charge in [-0.3, -0.25) is 4.79 Å². The summed E-state index contributed by atoms with van der Waals surface area (Å²) >= 11 is 1.45. The lowest BCUT2D eigenvalue weighted by Crippen LogP contribution is -2.29. The first-order valence-corrected chi connectivity index (χ1v) is 8.52. The van der Waals surface area contributed by atoms with Crippen LogP contribution in [0.1, 0.15) is 39.0 Å². The van der Waals surface area contributed by atoms with Crippen molar-refractivity contribution in [3.63, 3.8) is 0 Å². The van der Waals surface area contributed by atoms with Crippen molar-refractivity contribution in [1.82, 2.24) is 0 Å². The van der Waals surface area contributed by atoms with Crippen LogP contribution in [0.15, 0.2) is 30.3 Å². The van der Waals surface area contributed by atoms with Crippen LogP contribution in [0.25, 0.3) is 0 Å². The molecule has 0 spiro atoms. The molecule has 0 bridgehead atoms. The van der Waals surface area contributed by atoms with Crippen molar-refractivity contribution in [3.05, 3.63) is 51.2 Å². The fourth-order valence-electron chi connectivity index (χ4n) is 2.61. The lowest BCUT2D eigenvalue weighted by molar-refractivity contribution is -0.123. The third-order valence-corrected chi connectivity index (χ3v) is 5.08. The smallest absolute Gasteiger partial charge is 0.349 e. The zero-order valence-corrected chi connectivity index (χ0v) is 14.0. The highest BCUT2D eigenvalue weighted by Gasteiger charge is 2.23. The topological polar surface area (TPSA) is 79.2 Å². The highest BCUT2D eigenvalue weighted by atomic mass is 32.1. The monoisotopic (exact) mass is 340 g/mol. The maximum absolute atomic E-state index is 12.2. The van der Waals surface area contributed by atoms with E-state index in [9.17, 15) is 9.59 Å². The quantitative estimate of drug-likeness (QED) is 0.866. The Hall–Kier alpha value is -2.65. The minimum atomic E-state index is -0.916. The summed E-state index contributed by atoms with van der Waals surface area (Å²) in [4.78, 5) is 26.1. The van der Waals surface area contributed by atoms with Crippen LogP contribution in [0.2, 0.25) is 0 Å². The average Bonchev–Trinajstić information content (AvgIpc) is 3.16. The number of nitriles is 1. The van der Waals surface area contributed by atoms with Crippen molar-refractivity contribution in [2.45, 2.75) is 32.3 Å². The first-order valence-electron chi connectivity index (χ1n) is 7.70. The molecule has 0 saturated heterocycles. The van der Waals surface area contributed by atoms with Gasteiger partial charge in [-0.1, -0.05) is 6.07 Å². The number of fused-ring (bicyclic) bond motifs is 1. The van der Waals surface area contributed by atoms with Gasteiger partial charge in [-0.15, -0.1) is 11.3 Å². The van der Waals surface area contributed by atoms with E-state index in [1.54, 1.807) is 24.3 Å². The minimum Gasteiger partial charge on any atom is -0.448 e. The molecule has 1 unspecified atom stereocenters. The van der Waals surface area contributed by atoms with Gasteiger partial charge in [-0.2, -0.15) is 5.26 Å². The van der Waals surface area contributed by atoms with Gasteiger partial charge in [0.1, 0.15) is 4.88 Å². The Bertz CT molecular complexity index is 814. The van der Waals surface area contributed by atoms with Gasteiger partial charge in [-0.25, -0.2) is 4.79 Å². The Morgan fingerprint density at radius 1 is 1.33 bits per heavy atom. The predicted molar refractivity (Wildman–Crippen MR) is 91.0 cm³/mol. The van der Waals surface area contributed by atoms with Crippen LogP contribution < -0.4 is 5.32 Å². The molecule has 3 rings (SSSR count). The van der Waals surface area contributed by atoms with Crippen LogP contribution in [0.5, 0.6) is 0 Å². The second-order valence-corrected chi connectivity index (χ2v) is 6.78. The molecule has 1 atom stereocenters. The predicted octanol–water partition coefficient (Wildman–Crippen LogP) is 3.29. The van der Waals surface area contributed by atoms with E-state index in [0.717, 1.165) is 19.3 Å². The number of ether oxygens (including phenoxy) is 1. The number of rotatable bonds is 4. The first kappa shape index (κ1) is 16.2. The van der Waals surface area contributed by atoms with Crippen LogP contribution in [-0.4, -0.2) is 18.0 Å². The normalized spacial score (nSPS) is 13.7. The Morgan fingerprint density at radius 2 is 2.17 bits per heavy atom. The minimum absolute atomic E-state index is 0.428. The number of aryl methyl sites for hydroxylation is 2. The van der Waals surface area contributed by atoms with E-state index in [-0.39, 0.29) is 0 Å². The third-order valence-electron chi connectivity index (χ3n) is 3.86. The Balaban J connectivity index is 1.61. The molecule has 1 aliphatic rings. The fraction of sp³-hybridized carbons (Fsp3) is 0.278. The standard InChI is InChI=1S/C18H16N2O3S/c1-11(17(21)20-14-6-2-4-12(8-14)10-19)23-18(22)16-9-13-5-3-7-15(13)24-16/h2,4,6,8-9,11H,3,5,7H2,1H3,(H,20,21). The maximum Gasteiger partial charge on any atom is 0.349 e. The lowest BCUT2D eigenvalue weighted by Gasteiger charge is -2.13. The second-order valence-electron chi connectivity index (χ2n) is 5.64. The zero-order chi connectivity index (χ0) is 17.1. The van der Waals surface area contributed by atoms with E-state index in [1.807, 2.05) is 12.1 Å². The van der Waals surface area contributed by atoms with Gasteiger partial charge in [0.15, 0.2) is 6.10 Å². The average molecular weight is 340 g/mol. The number of thiophene rings is 1. The van der Waals surface area contributed by atoms with Gasteiger partial charge < -0.3 is 10.1 Å². The van der Waals surface area contributed by atoms with Gasteiger partial charge in [0, 0.05) is 10.6 Å². The molecule has 1 aromatic heterocycles. The van der Waals surface area contributed by atoms with E-state index in [1.165, 1.54) is 28.7 Å². The van der Waals surface area contributed by atoms with Crippen LogP contribution >= 0.6 is 11.3 Å². The lowest BCUT2D eigenvalue weighted by atomic mass is 10.2.